The van der Waals surface area contributed by atoms with E-state index in [0.29, 0.717) is 25.6 Å². The van der Waals surface area contributed by atoms with Gasteiger partial charge in [0.2, 0.25) is 0 Å². The van der Waals surface area contributed by atoms with Crippen LogP contribution in [0.5, 0.6) is 0 Å². The molecule has 23 heavy (non-hydrogen) atoms. The van der Waals surface area contributed by atoms with Crippen LogP contribution >= 0.6 is 0 Å². The molecule has 0 aliphatic heterocycles. The molecule has 0 saturated carbocycles. The smallest absolute Gasteiger partial charge is 0.191 e. The van der Waals surface area contributed by atoms with Crippen molar-refractivity contribution in [2.75, 3.05) is 39.5 Å². The fraction of sp³-hybridized carbons (Fsp3) is 0.611. The molecule has 0 amide bonds. The van der Waals surface area contributed by atoms with Crippen LogP contribution in [-0.4, -0.2) is 50.5 Å². The van der Waals surface area contributed by atoms with Crippen LogP contribution in [0, 0.1) is 5.92 Å². The molecule has 130 valence electrons. The second-order valence-electron chi connectivity index (χ2n) is 5.91. The minimum atomic E-state index is 0.0175. The van der Waals surface area contributed by atoms with E-state index in [1.807, 2.05) is 37.3 Å². The normalized spacial score (nSPS) is 13.2. The van der Waals surface area contributed by atoms with Crippen molar-refractivity contribution in [3.8, 4) is 0 Å². The zero-order valence-corrected chi connectivity index (χ0v) is 14.6. The van der Waals surface area contributed by atoms with Crippen molar-refractivity contribution in [3.05, 3.63) is 35.9 Å². The number of nitrogens with one attached hydrogen (secondary N) is 2. The molecule has 0 fully saturated rings. The van der Waals surface area contributed by atoms with Gasteiger partial charge in [0.1, 0.15) is 0 Å². The van der Waals surface area contributed by atoms with Crippen molar-refractivity contribution in [1.29, 1.82) is 0 Å². The number of aliphatic hydroxyl groups excluding tert-OH is 1. The first-order valence-corrected chi connectivity index (χ1v) is 8.43. The van der Waals surface area contributed by atoms with Crippen LogP contribution in [0.3, 0.4) is 0 Å². The molecule has 0 spiro atoms. The molecule has 0 aromatic heterocycles. The molecule has 0 aliphatic rings. The van der Waals surface area contributed by atoms with Gasteiger partial charge in [-0.3, -0.25) is 4.99 Å². The summed E-state index contributed by atoms with van der Waals surface area (Å²) in [6.45, 7) is 9.89. The third-order valence-corrected chi connectivity index (χ3v) is 3.30. The molecular formula is C18H31N3O2. The molecule has 1 atom stereocenters. The van der Waals surface area contributed by atoms with Crippen LogP contribution in [0.4, 0.5) is 0 Å². The lowest BCUT2D eigenvalue weighted by atomic mass is 10.0. The van der Waals surface area contributed by atoms with Crippen molar-refractivity contribution >= 4 is 5.96 Å². The van der Waals surface area contributed by atoms with Crippen molar-refractivity contribution in [1.82, 2.24) is 10.6 Å². The van der Waals surface area contributed by atoms with E-state index < -0.39 is 0 Å². The van der Waals surface area contributed by atoms with Crippen molar-refractivity contribution in [2.24, 2.45) is 10.9 Å². The van der Waals surface area contributed by atoms with Gasteiger partial charge in [-0.15, -0.1) is 0 Å². The summed E-state index contributed by atoms with van der Waals surface area (Å²) in [5.41, 5.74) is 1.11. The largest absolute Gasteiger partial charge is 0.396 e. The summed E-state index contributed by atoms with van der Waals surface area (Å²) in [6, 6.07) is 9.99. The predicted octanol–water partition coefficient (Wildman–Crippen LogP) is 1.99. The minimum absolute atomic E-state index is 0.0175. The third kappa shape index (κ3) is 8.57. The molecule has 3 N–H and O–H groups in total. The highest BCUT2D eigenvalue weighted by atomic mass is 16.5. The summed E-state index contributed by atoms with van der Waals surface area (Å²) in [5.74, 6) is 1.33. The molecule has 1 aromatic rings. The molecule has 1 unspecified atom stereocenters. The number of rotatable bonds is 10. The highest BCUT2D eigenvalue weighted by molar-refractivity contribution is 5.79. The van der Waals surface area contributed by atoms with Gasteiger partial charge in [0.15, 0.2) is 5.96 Å². The van der Waals surface area contributed by atoms with E-state index in [2.05, 4.69) is 29.5 Å². The first-order chi connectivity index (χ1) is 11.2. The van der Waals surface area contributed by atoms with E-state index in [-0.39, 0.29) is 12.5 Å². The predicted molar refractivity (Wildman–Crippen MR) is 95.9 cm³/mol. The van der Waals surface area contributed by atoms with Crippen LogP contribution in [0.25, 0.3) is 0 Å². The number of guanidine groups is 1. The minimum Gasteiger partial charge on any atom is -0.396 e. The van der Waals surface area contributed by atoms with Crippen molar-refractivity contribution in [2.45, 2.75) is 26.7 Å². The second-order valence-corrected chi connectivity index (χ2v) is 5.91. The Morgan fingerprint density at radius 1 is 1.22 bits per heavy atom. The molecule has 5 heteroatoms. The lowest BCUT2D eigenvalue weighted by Crippen LogP contribution is -2.39. The number of aliphatic hydroxyl groups is 1. The maximum absolute atomic E-state index is 9.59. The molecule has 1 aromatic carbocycles. The molecular weight excluding hydrogens is 290 g/mol. The second kappa shape index (κ2) is 11.9. The summed E-state index contributed by atoms with van der Waals surface area (Å²) < 4.78 is 5.55. The number of nitrogens with zero attached hydrogens (tertiary/aromatic N) is 1. The van der Waals surface area contributed by atoms with Gasteiger partial charge in [0.05, 0.1) is 19.8 Å². The first kappa shape index (κ1) is 19.5. The molecule has 1 rings (SSSR count). The Labute approximate surface area is 140 Å². The quantitative estimate of drug-likeness (QED) is 0.350. The number of aliphatic imine (C=N–C) groups is 1. The maximum Gasteiger partial charge on any atom is 0.191 e. The van der Waals surface area contributed by atoms with E-state index in [4.69, 9.17) is 4.74 Å². The first-order valence-electron chi connectivity index (χ1n) is 8.43. The Morgan fingerprint density at radius 3 is 2.57 bits per heavy atom. The highest BCUT2D eigenvalue weighted by Gasteiger charge is 2.09. The van der Waals surface area contributed by atoms with Crippen LogP contribution < -0.4 is 10.6 Å². The van der Waals surface area contributed by atoms with E-state index in [9.17, 15) is 5.11 Å². The molecule has 0 bridgehead atoms. The van der Waals surface area contributed by atoms with Gasteiger partial charge in [-0.1, -0.05) is 44.2 Å². The summed E-state index contributed by atoms with van der Waals surface area (Å²) in [7, 11) is 0. The van der Waals surface area contributed by atoms with E-state index in [0.717, 1.165) is 24.7 Å². The summed E-state index contributed by atoms with van der Waals surface area (Å²) in [6.07, 6.45) is 0. The summed E-state index contributed by atoms with van der Waals surface area (Å²) in [4.78, 5) is 4.57. The van der Waals surface area contributed by atoms with Gasteiger partial charge in [-0.05, 0) is 18.4 Å². The number of hydrogen-bond donors (Lipinski definition) is 3. The maximum atomic E-state index is 9.59. The molecule has 5 nitrogen and oxygen atoms in total. The average molecular weight is 321 g/mol. The van der Waals surface area contributed by atoms with Crippen LogP contribution in [0.2, 0.25) is 0 Å². The number of ether oxygens (including phenoxy) is 1. The SMILES string of the molecule is CCNC(=NCC(CO)c1ccccc1)NCCOCC(C)C. The Bertz CT molecular complexity index is 435. The van der Waals surface area contributed by atoms with Crippen molar-refractivity contribution < 1.29 is 9.84 Å². The van der Waals surface area contributed by atoms with Gasteiger partial charge in [-0.2, -0.15) is 0 Å². The number of hydrogen-bond acceptors (Lipinski definition) is 3. The Hall–Kier alpha value is -1.59. The van der Waals surface area contributed by atoms with Crippen molar-refractivity contribution in [3.63, 3.8) is 0 Å². The standard InChI is InChI=1S/C18H31N3O2/c1-4-19-18(20-10-11-23-14-15(2)3)21-12-17(13-22)16-8-6-5-7-9-16/h5-9,15,17,22H,4,10-14H2,1-3H3,(H2,19,20,21). The van der Waals surface area contributed by atoms with E-state index in [1.165, 1.54) is 0 Å². The average Bonchev–Trinajstić information content (AvgIpc) is 2.55. The Kier molecular flexibility index (Phi) is 10.1. The molecule has 0 aliphatic carbocycles. The summed E-state index contributed by atoms with van der Waals surface area (Å²) >= 11 is 0. The topological polar surface area (TPSA) is 65.9 Å². The zero-order chi connectivity index (χ0) is 16.9. The molecule has 0 saturated heterocycles. The highest BCUT2D eigenvalue weighted by Crippen LogP contribution is 2.14. The number of benzene rings is 1. The lowest BCUT2D eigenvalue weighted by Gasteiger charge is -2.15. The monoisotopic (exact) mass is 321 g/mol. The van der Waals surface area contributed by atoms with Gasteiger partial charge in [0.25, 0.3) is 0 Å². The molecule has 0 radical (unpaired) electrons. The Morgan fingerprint density at radius 2 is 1.96 bits per heavy atom. The van der Waals surface area contributed by atoms with Crippen LogP contribution in [0.1, 0.15) is 32.3 Å². The fourth-order valence-electron chi connectivity index (χ4n) is 2.10. The fourth-order valence-corrected chi connectivity index (χ4v) is 2.10. The van der Waals surface area contributed by atoms with Crippen LogP contribution in [0.15, 0.2) is 35.3 Å². The lowest BCUT2D eigenvalue weighted by molar-refractivity contribution is 0.114. The summed E-state index contributed by atoms with van der Waals surface area (Å²) in [5, 5.41) is 16.1. The third-order valence-electron chi connectivity index (χ3n) is 3.30. The zero-order valence-electron chi connectivity index (χ0n) is 14.6. The van der Waals surface area contributed by atoms with Gasteiger partial charge in [-0.25, -0.2) is 0 Å². The van der Waals surface area contributed by atoms with E-state index >= 15 is 0 Å². The van der Waals surface area contributed by atoms with E-state index in [1.54, 1.807) is 0 Å². The van der Waals surface area contributed by atoms with Gasteiger partial charge in [0, 0.05) is 25.6 Å². The molecule has 0 heterocycles. The van der Waals surface area contributed by atoms with Crippen LogP contribution in [-0.2, 0) is 4.74 Å². The van der Waals surface area contributed by atoms with Gasteiger partial charge >= 0.3 is 0 Å². The van der Waals surface area contributed by atoms with Gasteiger partial charge < -0.3 is 20.5 Å². The Balaban J connectivity index is 2.46.